The fourth-order valence-electron chi connectivity index (χ4n) is 3.74. The molecule has 0 aromatic carbocycles. The van der Waals surface area contributed by atoms with Gasteiger partial charge >= 0.3 is 0 Å². The third-order valence-electron chi connectivity index (χ3n) is 5.08. The third-order valence-corrected chi connectivity index (χ3v) is 7.04. The number of morpholine rings is 1. The first kappa shape index (κ1) is 21.1. The van der Waals surface area contributed by atoms with E-state index in [2.05, 4.69) is 20.1 Å². The number of aliphatic imine (C=N–C) groups is 1. The minimum Gasteiger partial charge on any atom is -0.379 e. The summed E-state index contributed by atoms with van der Waals surface area (Å²) in [7, 11) is -1.22. The van der Waals surface area contributed by atoms with E-state index >= 15 is 0 Å². The molecule has 0 aliphatic carbocycles. The smallest absolute Gasteiger partial charge is 0.214 e. The highest BCUT2D eigenvalue weighted by molar-refractivity contribution is 14.0. The maximum atomic E-state index is 11.8. The molecule has 0 bridgehead atoms. The van der Waals surface area contributed by atoms with Crippen LogP contribution in [0.5, 0.6) is 0 Å². The minimum absolute atomic E-state index is 0. The van der Waals surface area contributed by atoms with Crippen molar-refractivity contribution in [1.82, 2.24) is 19.4 Å². The molecule has 3 heterocycles. The zero-order chi connectivity index (χ0) is 17.0. The fourth-order valence-corrected chi connectivity index (χ4v) is 5.27. The normalized spacial score (nSPS) is 28.1. The lowest BCUT2D eigenvalue weighted by Crippen LogP contribution is -2.47. The van der Waals surface area contributed by atoms with Gasteiger partial charge in [0, 0.05) is 58.9 Å². The van der Waals surface area contributed by atoms with E-state index in [4.69, 9.17) is 4.74 Å². The predicted molar refractivity (Wildman–Crippen MR) is 109 cm³/mol. The molecule has 0 aromatic rings. The molecule has 3 aliphatic heterocycles. The molecule has 1 N–H and O–H groups in total. The number of guanidine groups is 1. The highest BCUT2D eigenvalue weighted by atomic mass is 127. The Morgan fingerprint density at radius 2 is 2.00 bits per heavy atom. The van der Waals surface area contributed by atoms with E-state index in [1.165, 1.54) is 0 Å². The second-order valence-corrected chi connectivity index (χ2v) is 8.67. The summed E-state index contributed by atoms with van der Waals surface area (Å²) in [6, 6.07) is 0.561. The number of hydrogen-bond donors (Lipinski definition) is 1. The van der Waals surface area contributed by atoms with E-state index in [1.807, 2.05) is 0 Å². The summed E-state index contributed by atoms with van der Waals surface area (Å²) in [5.41, 5.74) is 0. The van der Waals surface area contributed by atoms with Crippen LogP contribution in [-0.4, -0.2) is 106 Å². The van der Waals surface area contributed by atoms with E-state index < -0.39 is 10.0 Å². The first-order chi connectivity index (χ1) is 11.6. The summed E-state index contributed by atoms with van der Waals surface area (Å²) in [5, 5.41) is 3.33. The third kappa shape index (κ3) is 5.41. The van der Waals surface area contributed by atoms with E-state index in [1.54, 1.807) is 11.4 Å². The van der Waals surface area contributed by atoms with Crippen LogP contribution in [0.2, 0.25) is 0 Å². The lowest BCUT2D eigenvalue weighted by atomic mass is 10.2. The van der Waals surface area contributed by atoms with Crippen LogP contribution in [0.15, 0.2) is 4.99 Å². The highest BCUT2D eigenvalue weighted by Crippen LogP contribution is 2.17. The van der Waals surface area contributed by atoms with Gasteiger partial charge in [-0.25, -0.2) is 12.7 Å². The molecule has 10 heteroatoms. The van der Waals surface area contributed by atoms with Crippen molar-refractivity contribution < 1.29 is 13.2 Å². The second-order valence-electron chi connectivity index (χ2n) is 6.58. The van der Waals surface area contributed by atoms with Gasteiger partial charge in [0.15, 0.2) is 5.96 Å². The topological polar surface area (TPSA) is 77.5 Å². The predicted octanol–water partition coefficient (Wildman–Crippen LogP) is -0.378. The van der Waals surface area contributed by atoms with Crippen LogP contribution in [0.1, 0.15) is 12.8 Å². The van der Waals surface area contributed by atoms with Crippen molar-refractivity contribution in [2.45, 2.75) is 18.9 Å². The molecule has 146 valence electrons. The molecule has 3 rings (SSSR count). The summed E-state index contributed by atoms with van der Waals surface area (Å²) >= 11 is 0. The SMILES string of the molecule is CN=C(NCCN1CCCS1(=O)=O)N1CCC(N2CCOCC2)C1.I. The molecule has 0 aromatic heterocycles. The summed E-state index contributed by atoms with van der Waals surface area (Å²) in [6.07, 6.45) is 1.88. The molecule has 3 fully saturated rings. The Bertz CT molecular complexity index is 553. The molecule has 1 unspecified atom stereocenters. The highest BCUT2D eigenvalue weighted by Gasteiger charge is 2.31. The standard InChI is InChI=1S/C15H29N5O3S.HI/c1-16-15(17-4-7-20-5-2-12-24(20,21)22)19-6-3-14(13-19)18-8-10-23-11-9-18;/h14H,2-13H2,1H3,(H,16,17);1H. The van der Waals surface area contributed by atoms with Gasteiger partial charge in [-0.3, -0.25) is 9.89 Å². The quantitative estimate of drug-likeness (QED) is 0.331. The Balaban J connectivity index is 0.00000225. The van der Waals surface area contributed by atoms with Crippen LogP contribution >= 0.6 is 24.0 Å². The monoisotopic (exact) mass is 487 g/mol. The van der Waals surface area contributed by atoms with Crippen LogP contribution in [0.3, 0.4) is 0 Å². The molecule has 0 spiro atoms. The van der Waals surface area contributed by atoms with Gasteiger partial charge in [0.2, 0.25) is 10.0 Å². The van der Waals surface area contributed by atoms with Gasteiger partial charge in [0.25, 0.3) is 0 Å². The Hall–Kier alpha value is -0.170. The molecule has 0 saturated carbocycles. The van der Waals surface area contributed by atoms with Gasteiger partial charge in [-0.05, 0) is 12.8 Å². The maximum Gasteiger partial charge on any atom is 0.214 e. The zero-order valence-electron chi connectivity index (χ0n) is 14.9. The Labute approximate surface area is 168 Å². The van der Waals surface area contributed by atoms with E-state index in [0.29, 0.717) is 25.7 Å². The Morgan fingerprint density at radius 3 is 2.64 bits per heavy atom. The van der Waals surface area contributed by atoms with Crippen LogP contribution < -0.4 is 5.32 Å². The number of rotatable bonds is 4. The molecule has 3 saturated heterocycles. The van der Waals surface area contributed by atoms with Crippen molar-refractivity contribution in [3.05, 3.63) is 0 Å². The van der Waals surface area contributed by atoms with Crippen molar-refractivity contribution in [3.63, 3.8) is 0 Å². The fraction of sp³-hybridized carbons (Fsp3) is 0.933. The van der Waals surface area contributed by atoms with Gasteiger partial charge in [0.1, 0.15) is 0 Å². The van der Waals surface area contributed by atoms with E-state index in [-0.39, 0.29) is 29.7 Å². The van der Waals surface area contributed by atoms with E-state index in [9.17, 15) is 8.42 Å². The lowest BCUT2D eigenvalue weighted by molar-refractivity contribution is 0.0195. The van der Waals surface area contributed by atoms with Crippen molar-refractivity contribution in [3.8, 4) is 0 Å². The van der Waals surface area contributed by atoms with Crippen LogP contribution in [-0.2, 0) is 14.8 Å². The molecule has 25 heavy (non-hydrogen) atoms. The summed E-state index contributed by atoms with van der Waals surface area (Å²) in [5.74, 6) is 1.16. The number of nitrogens with zero attached hydrogens (tertiary/aromatic N) is 4. The lowest BCUT2D eigenvalue weighted by Gasteiger charge is -2.32. The molecule has 0 radical (unpaired) electrons. The number of nitrogens with one attached hydrogen (secondary N) is 1. The average molecular weight is 487 g/mol. The summed E-state index contributed by atoms with van der Waals surface area (Å²) < 4.78 is 30.7. The van der Waals surface area contributed by atoms with Gasteiger partial charge in [-0.15, -0.1) is 24.0 Å². The first-order valence-corrected chi connectivity index (χ1v) is 10.5. The van der Waals surface area contributed by atoms with Gasteiger partial charge in [0.05, 0.1) is 19.0 Å². The van der Waals surface area contributed by atoms with Crippen molar-refractivity contribution in [1.29, 1.82) is 0 Å². The van der Waals surface area contributed by atoms with Gasteiger partial charge in [-0.1, -0.05) is 0 Å². The van der Waals surface area contributed by atoms with Gasteiger partial charge in [-0.2, -0.15) is 0 Å². The number of sulfonamides is 1. The number of hydrogen-bond acceptors (Lipinski definition) is 5. The maximum absolute atomic E-state index is 11.8. The summed E-state index contributed by atoms with van der Waals surface area (Å²) in [6.45, 7) is 7.40. The average Bonchev–Trinajstić information content (AvgIpc) is 3.19. The number of likely N-dealkylation sites (tertiary alicyclic amines) is 1. The number of halogens is 1. The first-order valence-electron chi connectivity index (χ1n) is 8.85. The second kappa shape index (κ2) is 9.67. The molecule has 8 nitrogen and oxygen atoms in total. The van der Waals surface area contributed by atoms with E-state index in [0.717, 1.165) is 58.2 Å². The Morgan fingerprint density at radius 1 is 1.24 bits per heavy atom. The largest absolute Gasteiger partial charge is 0.379 e. The van der Waals surface area contributed by atoms with Crippen molar-refractivity contribution in [2.75, 3.05) is 71.8 Å². The molecular weight excluding hydrogens is 457 g/mol. The minimum atomic E-state index is -3.01. The molecular formula is C15H30IN5O3S. The molecule has 1 atom stereocenters. The molecule has 0 amide bonds. The summed E-state index contributed by atoms with van der Waals surface area (Å²) in [4.78, 5) is 9.15. The van der Waals surface area contributed by atoms with Crippen molar-refractivity contribution in [2.24, 2.45) is 4.99 Å². The van der Waals surface area contributed by atoms with Crippen LogP contribution in [0.4, 0.5) is 0 Å². The molecule has 3 aliphatic rings. The Kier molecular flexibility index (Phi) is 8.18. The van der Waals surface area contributed by atoms with Crippen LogP contribution in [0, 0.1) is 0 Å². The van der Waals surface area contributed by atoms with Crippen LogP contribution in [0.25, 0.3) is 0 Å². The van der Waals surface area contributed by atoms with Gasteiger partial charge < -0.3 is 15.0 Å². The van der Waals surface area contributed by atoms with Crippen molar-refractivity contribution >= 4 is 40.0 Å². The zero-order valence-corrected chi connectivity index (χ0v) is 18.0. The number of ether oxygens (including phenoxy) is 1.